The Balaban J connectivity index is 3.24. The van der Waals surface area contributed by atoms with Crippen LogP contribution in [0.4, 0.5) is 0 Å². The Bertz CT molecular complexity index is 484. The lowest BCUT2D eigenvalue weighted by atomic mass is 9.87. The molecule has 18 heavy (non-hydrogen) atoms. The number of hydrogen-bond donors (Lipinski definition) is 1. The van der Waals surface area contributed by atoms with Crippen molar-refractivity contribution in [2.75, 3.05) is 0 Å². The summed E-state index contributed by atoms with van der Waals surface area (Å²) in [6.45, 7) is 9.93. The van der Waals surface area contributed by atoms with E-state index in [0.29, 0.717) is 5.56 Å². The van der Waals surface area contributed by atoms with E-state index < -0.39 is 5.97 Å². The maximum Gasteiger partial charge on any atom is 0.303 e. The number of benzene rings is 1. The minimum Gasteiger partial charge on any atom is -0.481 e. The third-order valence-corrected chi connectivity index (χ3v) is 3.84. The smallest absolute Gasteiger partial charge is 0.303 e. The Morgan fingerprint density at radius 3 is 1.56 bits per heavy atom. The molecule has 3 nitrogen and oxygen atoms in total. The molecule has 0 aliphatic heterocycles. The van der Waals surface area contributed by atoms with Gasteiger partial charge in [-0.15, -0.1) is 0 Å². The van der Waals surface area contributed by atoms with Gasteiger partial charge in [-0.25, -0.2) is 0 Å². The van der Waals surface area contributed by atoms with Crippen LogP contribution in [0, 0.1) is 34.6 Å². The summed E-state index contributed by atoms with van der Waals surface area (Å²) in [6.07, 6.45) is -0.0390. The molecule has 0 bridgehead atoms. The summed E-state index contributed by atoms with van der Waals surface area (Å²) in [5, 5.41) is 8.65. The van der Waals surface area contributed by atoms with Crippen molar-refractivity contribution >= 4 is 11.8 Å². The molecule has 0 aromatic heterocycles. The Kier molecular flexibility index (Phi) is 4.28. The molecule has 0 heterocycles. The average molecular weight is 248 g/mol. The number of carbonyl (C=O) groups is 2. The maximum absolute atomic E-state index is 12.1. The highest BCUT2D eigenvalue weighted by molar-refractivity contribution is 6.00. The molecule has 0 aliphatic carbocycles. The summed E-state index contributed by atoms with van der Waals surface area (Å²) in [5.74, 6) is -1.00. The second kappa shape index (κ2) is 5.34. The van der Waals surface area contributed by atoms with Crippen LogP contribution in [0.15, 0.2) is 0 Å². The van der Waals surface area contributed by atoms with E-state index in [9.17, 15) is 9.59 Å². The van der Waals surface area contributed by atoms with Crippen LogP contribution in [-0.2, 0) is 4.79 Å². The van der Waals surface area contributed by atoms with Crippen LogP contribution in [-0.4, -0.2) is 16.9 Å². The first-order valence-electron chi connectivity index (χ1n) is 6.09. The van der Waals surface area contributed by atoms with E-state index >= 15 is 0 Å². The normalized spacial score (nSPS) is 10.5. The average Bonchev–Trinajstić information content (AvgIpc) is 2.31. The Morgan fingerprint density at radius 2 is 1.17 bits per heavy atom. The first-order chi connectivity index (χ1) is 8.27. The van der Waals surface area contributed by atoms with Crippen molar-refractivity contribution in [1.29, 1.82) is 0 Å². The summed E-state index contributed by atoms with van der Waals surface area (Å²) in [5.41, 5.74) is 6.11. The number of hydrogen-bond acceptors (Lipinski definition) is 2. The number of rotatable bonds is 4. The van der Waals surface area contributed by atoms with Gasteiger partial charge in [0.05, 0.1) is 6.42 Å². The molecular weight excluding hydrogens is 228 g/mol. The van der Waals surface area contributed by atoms with Gasteiger partial charge in [0.15, 0.2) is 5.78 Å². The molecule has 0 unspecified atom stereocenters. The number of ketones is 1. The zero-order chi connectivity index (χ0) is 14.0. The standard InChI is InChI=1S/C15H20O3/c1-8-9(2)11(4)15(12(5)10(8)3)13(16)6-7-14(17)18/h6-7H2,1-5H3,(H,17,18). The van der Waals surface area contributed by atoms with E-state index in [0.717, 1.165) is 22.3 Å². The highest BCUT2D eigenvalue weighted by Gasteiger charge is 2.18. The van der Waals surface area contributed by atoms with Crippen LogP contribution in [0.1, 0.15) is 51.0 Å². The van der Waals surface area contributed by atoms with E-state index in [1.807, 2.05) is 27.7 Å². The van der Waals surface area contributed by atoms with Crippen molar-refractivity contribution < 1.29 is 14.7 Å². The molecule has 0 saturated carbocycles. The molecule has 0 fully saturated rings. The molecule has 98 valence electrons. The van der Waals surface area contributed by atoms with Gasteiger partial charge in [-0.2, -0.15) is 0 Å². The molecular formula is C15H20O3. The molecule has 3 heteroatoms. The Hall–Kier alpha value is -1.64. The van der Waals surface area contributed by atoms with Gasteiger partial charge < -0.3 is 5.11 Å². The van der Waals surface area contributed by atoms with E-state index in [1.165, 1.54) is 5.56 Å². The fraction of sp³-hybridized carbons (Fsp3) is 0.467. The lowest BCUT2D eigenvalue weighted by molar-refractivity contribution is -0.136. The highest BCUT2D eigenvalue weighted by Crippen LogP contribution is 2.27. The van der Waals surface area contributed by atoms with Crippen LogP contribution in [0.3, 0.4) is 0 Å². The van der Waals surface area contributed by atoms with Crippen LogP contribution < -0.4 is 0 Å². The first-order valence-corrected chi connectivity index (χ1v) is 6.09. The van der Waals surface area contributed by atoms with E-state index in [4.69, 9.17) is 5.11 Å². The third kappa shape index (κ3) is 2.61. The molecule has 1 aromatic carbocycles. The van der Waals surface area contributed by atoms with Gasteiger partial charge in [0.2, 0.25) is 0 Å². The topological polar surface area (TPSA) is 54.4 Å². The maximum atomic E-state index is 12.1. The van der Waals surface area contributed by atoms with Gasteiger partial charge in [-0.1, -0.05) is 0 Å². The molecule has 1 aromatic rings. The summed E-state index contributed by atoms with van der Waals surface area (Å²) in [4.78, 5) is 22.7. The van der Waals surface area contributed by atoms with Crippen molar-refractivity contribution in [2.45, 2.75) is 47.5 Å². The summed E-state index contributed by atoms with van der Waals surface area (Å²) < 4.78 is 0. The quantitative estimate of drug-likeness (QED) is 0.832. The largest absolute Gasteiger partial charge is 0.481 e. The number of carbonyl (C=O) groups excluding carboxylic acids is 1. The fourth-order valence-electron chi connectivity index (χ4n) is 2.26. The molecule has 0 saturated heterocycles. The van der Waals surface area contributed by atoms with Crippen molar-refractivity contribution in [1.82, 2.24) is 0 Å². The summed E-state index contributed by atoms with van der Waals surface area (Å²) >= 11 is 0. The van der Waals surface area contributed by atoms with Gasteiger partial charge in [0.25, 0.3) is 0 Å². The number of aliphatic carboxylic acids is 1. The number of Topliss-reactive ketones (excluding diaryl/α,β-unsaturated/α-hetero) is 1. The monoisotopic (exact) mass is 248 g/mol. The zero-order valence-electron chi connectivity index (χ0n) is 11.7. The zero-order valence-corrected chi connectivity index (χ0v) is 11.7. The van der Waals surface area contributed by atoms with Crippen LogP contribution in [0.5, 0.6) is 0 Å². The molecule has 1 rings (SSSR count). The van der Waals surface area contributed by atoms with Gasteiger partial charge in [0, 0.05) is 12.0 Å². The van der Waals surface area contributed by atoms with E-state index in [2.05, 4.69) is 6.92 Å². The van der Waals surface area contributed by atoms with Gasteiger partial charge in [-0.3, -0.25) is 9.59 Å². The van der Waals surface area contributed by atoms with Crippen LogP contribution in [0.25, 0.3) is 0 Å². The van der Waals surface area contributed by atoms with Crippen LogP contribution >= 0.6 is 0 Å². The second-order valence-corrected chi connectivity index (χ2v) is 4.82. The van der Waals surface area contributed by atoms with Gasteiger partial charge >= 0.3 is 5.97 Å². The predicted octanol–water partition coefficient (Wildman–Crippen LogP) is 3.28. The Labute approximate surface area is 108 Å². The molecule has 0 atom stereocenters. The predicted molar refractivity (Wildman–Crippen MR) is 71.3 cm³/mol. The molecule has 0 radical (unpaired) electrons. The van der Waals surface area contributed by atoms with Crippen molar-refractivity contribution in [3.63, 3.8) is 0 Å². The van der Waals surface area contributed by atoms with Gasteiger partial charge in [-0.05, 0) is 62.4 Å². The number of carboxylic acids is 1. The van der Waals surface area contributed by atoms with E-state index in [-0.39, 0.29) is 18.6 Å². The molecule has 0 amide bonds. The van der Waals surface area contributed by atoms with Gasteiger partial charge in [0.1, 0.15) is 0 Å². The SMILES string of the molecule is Cc1c(C)c(C)c(C(=O)CCC(=O)O)c(C)c1C. The number of carboxylic acid groups (broad SMARTS) is 1. The lowest BCUT2D eigenvalue weighted by Gasteiger charge is -2.17. The third-order valence-electron chi connectivity index (χ3n) is 3.84. The minimum atomic E-state index is -0.931. The summed E-state index contributed by atoms with van der Waals surface area (Å²) in [6, 6.07) is 0. The highest BCUT2D eigenvalue weighted by atomic mass is 16.4. The summed E-state index contributed by atoms with van der Waals surface area (Å²) in [7, 11) is 0. The molecule has 1 N–H and O–H groups in total. The van der Waals surface area contributed by atoms with E-state index in [1.54, 1.807) is 0 Å². The second-order valence-electron chi connectivity index (χ2n) is 4.82. The van der Waals surface area contributed by atoms with Crippen molar-refractivity contribution in [3.8, 4) is 0 Å². The lowest BCUT2D eigenvalue weighted by Crippen LogP contribution is -2.11. The molecule has 0 aliphatic rings. The first kappa shape index (κ1) is 14.4. The molecule has 0 spiro atoms. The van der Waals surface area contributed by atoms with Crippen molar-refractivity contribution in [2.24, 2.45) is 0 Å². The Morgan fingerprint density at radius 1 is 0.778 bits per heavy atom. The minimum absolute atomic E-state index is 0.0684. The van der Waals surface area contributed by atoms with Crippen molar-refractivity contribution in [3.05, 3.63) is 33.4 Å². The fourth-order valence-corrected chi connectivity index (χ4v) is 2.26. The van der Waals surface area contributed by atoms with Crippen LogP contribution in [0.2, 0.25) is 0 Å².